The van der Waals surface area contributed by atoms with Crippen molar-refractivity contribution >= 4 is 17.6 Å². The number of anilines is 1. The minimum absolute atomic E-state index is 0.00169. The monoisotopic (exact) mass is 360 g/mol. The van der Waals surface area contributed by atoms with Gasteiger partial charge in [-0.15, -0.1) is 0 Å². The predicted octanol–water partition coefficient (Wildman–Crippen LogP) is 2.00. The van der Waals surface area contributed by atoms with Crippen molar-refractivity contribution in [3.63, 3.8) is 0 Å². The second-order valence-corrected chi connectivity index (χ2v) is 5.68. The number of hydrogen-bond acceptors (Lipinski definition) is 6. The first kappa shape index (κ1) is 17.5. The van der Waals surface area contributed by atoms with Crippen LogP contribution in [0.1, 0.15) is 22.8 Å². The third-order valence-corrected chi connectivity index (χ3v) is 3.79. The topological polar surface area (TPSA) is 99.9 Å². The summed E-state index contributed by atoms with van der Waals surface area (Å²) in [6.07, 6.45) is -1.04. The van der Waals surface area contributed by atoms with E-state index in [0.29, 0.717) is 11.5 Å². The van der Waals surface area contributed by atoms with Gasteiger partial charge in [-0.1, -0.05) is 6.07 Å². The average molecular weight is 360 g/mol. The number of nitrogens with two attached hydrogens (primary N) is 1. The molecule has 3 N–H and O–H groups in total. The van der Waals surface area contributed by atoms with Crippen LogP contribution in [0.4, 0.5) is 10.1 Å². The molecule has 0 saturated heterocycles. The molecule has 1 heterocycles. The number of carbonyl (C=O) groups is 2. The second-order valence-electron chi connectivity index (χ2n) is 5.68. The lowest BCUT2D eigenvalue weighted by molar-refractivity contribution is -0.129. The summed E-state index contributed by atoms with van der Waals surface area (Å²) in [5.74, 6) is -0.569. The standard InChI is InChI=1S/C18H17FN2O5/c1-10(26-18(23)13-4-3-12(19)7-14(13)20)17(22)21-8-11-2-5-15-16(6-11)25-9-24-15/h2-7,10H,8-9,20H2,1H3,(H,21,22)/t10-/m1/s1. The Morgan fingerprint density at radius 3 is 2.77 bits per heavy atom. The lowest BCUT2D eigenvalue weighted by Gasteiger charge is -2.14. The van der Waals surface area contributed by atoms with E-state index in [1.807, 2.05) is 0 Å². The van der Waals surface area contributed by atoms with Gasteiger partial charge in [0, 0.05) is 12.2 Å². The van der Waals surface area contributed by atoms with E-state index >= 15 is 0 Å². The fourth-order valence-corrected chi connectivity index (χ4v) is 2.38. The lowest BCUT2D eigenvalue weighted by atomic mass is 10.2. The van der Waals surface area contributed by atoms with Crippen LogP contribution in [0.15, 0.2) is 36.4 Å². The van der Waals surface area contributed by atoms with Gasteiger partial charge in [0.1, 0.15) is 5.82 Å². The van der Waals surface area contributed by atoms with Crippen molar-refractivity contribution in [1.82, 2.24) is 5.32 Å². The first-order valence-electron chi connectivity index (χ1n) is 7.86. The summed E-state index contributed by atoms with van der Waals surface area (Å²) >= 11 is 0. The number of nitrogen functional groups attached to an aromatic ring is 1. The molecular formula is C18H17FN2O5. The number of rotatable bonds is 5. The number of benzene rings is 2. The smallest absolute Gasteiger partial charge is 0.341 e. The molecule has 0 unspecified atom stereocenters. The summed E-state index contributed by atoms with van der Waals surface area (Å²) in [7, 11) is 0. The maximum Gasteiger partial charge on any atom is 0.341 e. The molecule has 2 aromatic carbocycles. The quantitative estimate of drug-likeness (QED) is 0.625. The molecule has 0 aromatic heterocycles. The highest BCUT2D eigenvalue weighted by Crippen LogP contribution is 2.32. The van der Waals surface area contributed by atoms with Crippen molar-refractivity contribution in [1.29, 1.82) is 0 Å². The van der Waals surface area contributed by atoms with Gasteiger partial charge in [0.15, 0.2) is 17.6 Å². The van der Waals surface area contributed by atoms with Gasteiger partial charge in [-0.3, -0.25) is 4.79 Å². The Hall–Kier alpha value is -3.29. The first-order chi connectivity index (χ1) is 12.4. The van der Waals surface area contributed by atoms with Crippen LogP contribution in [0.2, 0.25) is 0 Å². The van der Waals surface area contributed by atoms with E-state index in [0.717, 1.165) is 17.7 Å². The summed E-state index contributed by atoms with van der Waals surface area (Å²) in [5, 5.41) is 2.67. The van der Waals surface area contributed by atoms with Crippen LogP contribution in [0.5, 0.6) is 11.5 Å². The van der Waals surface area contributed by atoms with E-state index < -0.39 is 23.8 Å². The molecule has 0 radical (unpaired) electrons. The van der Waals surface area contributed by atoms with Gasteiger partial charge in [0.25, 0.3) is 5.91 Å². The molecule has 1 atom stereocenters. The number of halogens is 1. The number of amides is 1. The minimum atomic E-state index is -1.04. The van der Waals surface area contributed by atoms with E-state index in [4.69, 9.17) is 19.9 Å². The Kier molecular flexibility index (Phi) is 4.92. The first-order valence-corrected chi connectivity index (χ1v) is 7.86. The zero-order chi connectivity index (χ0) is 18.7. The number of esters is 1. The van der Waals surface area contributed by atoms with Gasteiger partial charge in [0.2, 0.25) is 6.79 Å². The zero-order valence-corrected chi connectivity index (χ0v) is 14.0. The molecule has 0 spiro atoms. The molecule has 1 aliphatic rings. The van der Waals surface area contributed by atoms with Crippen molar-refractivity contribution in [2.75, 3.05) is 12.5 Å². The number of ether oxygens (including phenoxy) is 3. The predicted molar refractivity (Wildman–Crippen MR) is 90.1 cm³/mol. The fourth-order valence-electron chi connectivity index (χ4n) is 2.38. The maximum atomic E-state index is 13.0. The molecule has 0 aliphatic carbocycles. The maximum absolute atomic E-state index is 13.0. The van der Waals surface area contributed by atoms with Crippen molar-refractivity contribution in [3.05, 3.63) is 53.3 Å². The van der Waals surface area contributed by atoms with Crippen molar-refractivity contribution < 1.29 is 28.2 Å². The molecule has 136 valence electrons. The lowest BCUT2D eigenvalue weighted by Crippen LogP contribution is -2.35. The Balaban J connectivity index is 1.55. The zero-order valence-electron chi connectivity index (χ0n) is 14.0. The highest BCUT2D eigenvalue weighted by atomic mass is 19.1. The molecule has 0 saturated carbocycles. The summed E-state index contributed by atoms with van der Waals surface area (Å²) < 4.78 is 28.6. The number of fused-ring (bicyclic) bond motifs is 1. The Labute approximate surface area is 148 Å². The highest BCUT2D eigenvalue weighted by Gasteiger charge is 2.21. The molecule has 0 fully saturated rings. The highest BCUT2D eigenvalue weighted by molar-refractivity contribution is 5.96. The summed E-state index contributed by atoms with van der Waals surface area (Å²) in [6.45, 7) is 1.84. The number of carbonyl (C=O) groups excluding carboxylic acids is 2. The largest absolute Gasteiger partial charge is 0.454 e. The second kappa shape index (κ2) is 7.30. The van der Waals surface area contributed by atoms with Crippen molar-refractivity contribution in [3.8, 4) is 11.5 Å². The van der Waals surface area contributed by atoms with E-state index in [1.165, 1.54) is 13.0 Å². The van der Waals surface area contributed by atoms with Crippen LogP contribution >= 0.6 is 0 Å². The van der Waals surface area contributed by atoms with Crippen LogP contribution in [0, 0.1) is 5.82 Å². The van der Waals surface area contributed by atoms with Crippen LogP contribution in [-0.4, -0.2) is 24.8 Å². The Morgan fingerprint density at radius 1 is 1.23 bits per heavy atom. The van der Waals surface area contributed by atoms with Crippen LogP contribution < -0.4 is 20.5 Å². The van der Waals surface area contributed by atoms with Gasteiger partial charge in [-0.05, 0) is 42.8 Å². The van der Waals surface area contributed by atoms with E-state index in [9.17, 15) is 14.0 Å². The third kappa shape index (κ3) is 3.85. The minimum Gasteiger partial charge on any atom is -0.454 e. The van der Waals surface area contributed by atoms with Crippen molar-refractivity contribution in [2.45, 2.75) is 19.6 Å². The van der Waals surface area contributed by atoms with E-state index in [2.05, 4.69) is 5.32 Å². The Bertz CT molecular complexity index is 855. The summed E-state index contributed by atoms with van der Waals surface area (Å²) in [5.41, 5.74) is 6.35. The average Bonchev–Trinajstić information content (AvgIpc) is 3.07. The molecule has 2 aromatic rings. The molecule has 1 aliphatic heterocycles. The van der Waals surface area contributed by atoms with Crippen molar-refractivity contribution in [2.24, 2.45) is 0 Å². The fraction of sp³-hybridized carbons (Fsp3) is 0.222. The molecular weight excluding hydrogens is 343 g/mol. The molecule has 1 amide bonds. The SMILES string of the molecule is C[C@@H](OC(=O)c1ccc(F)cc1N)C(=O)NCc1ccc2c(c1)OCO2. The van der Waals surface area contributed by atoms with Gasteiger partial charge < -0.3 is 25.3 Å². The van der Waals surface area contributed by atoms with Gasteiger partial charge in [0.05, 0.1) is 5.56 Å². The van der Waals surface area contributed by atoms with Gasteiger partial charge in [-0.2, -0.15) is 0 Å². The molecule has 0 bridgehead atoms. The van der Waals surface area contributed by atoms with E-state index in [1.54, 1.807) is 18.2 Å². The van der Waals surface area contributed by atoms with Crippen LogP contribution in [0.3, 0.4) is 0 Å². The summed E-state index contributed by atoms with van der Waals surface area (Å²) in [6, 6.07) is 8.63. The Morgan fingerprint density at radius 2 is 2.00 bits per heavy atom. The van der Waals surface area contributed by atoms with E-state index in [-0.39, 0.29) is 24.6 Å². The molecule has 3 rings (SSSR count). The number of nitrogens with one attached hydrogen (secondary N) is 1. The molecule has 26 heavy (non-hydrogen) atoms. The van der Waals surface area contributed by atoms with Gasteiger partial charge >= 0.3 is 5.97 Å². The molecule has 8 heteroatoms. The van der Waals surface area contributed by atoms with Gasteiger partial charge in [-0.25, -0.2) is 9.18 Å². The van der Waals surface area contributed by atoms with Crippen LogP contribution in [0.25, 0.3) is 0 Å². The number of hydrogen-bond donors (Lipinski definition) is 2. The van der Waals surface area contributed by atoms with Crippen LogP contribution in [-0.2, 0) is 16.1 Å². The molecule has 7 nitrogen and oxygen atoms in total. The third-order valence-electron chi connectivity index (χ3n) is 3.79. The normalized spacial score (nSPS) is 13.2. The summed E-state index contributed by atoms with van der Waals surface area (Å²) in [4.78, 5) is 24.2.